The van der Waals surface area contributed by atoms with E-state index in [2.05, 4.69) is 5.32 Å². The Morgan fingerprint density at radius 1 is 1.40 bits per heavy atom. The molecule has 15 heavy (non-hydrogen) atoms. The van der Waals surface area contributed by atoms with Crippen molar-refractivity contribution in [3.05, 3.63) is 35.4 Å². The SMILES string of the molecule is CNCC(C)C(=O)Cc1ccccc1C. The number of hydrogen-bond acceptors (Lipinski definition) is 2. The van der Waals surface area contributed by atoms with Crippen molar-refractivity contribution in [3.8, 4) is 0 Å². The van der Waals surface area contributed by atoms with Gasteiger partial charge in [-0.1, -0.05) is 31.2 Å². The molecule has 0 heterocycles. The minimum Gasteiger partial charge on any atom is -0.319 e. The molecule has 82 valence electrons. The molecule has 1 unspecified atom stereocenters. The van der Waals surface area contributed by atoms with Crippen molar-refractivity contribution in [2.24, 2.45) is 5.92 Å². The smallest absolute Gasteiger partial charge is 0.141 e. The van der Waals surface area contributed by atoms with E-state index in [0.29, 0.717) is 12.2 Å². The largest absolute Gasteiger partial charge is 0.319 e. The first-order valence-corrected chi connectivity index (χ1v) is 5.37. The highest BCUT2D eigenvalue weighted by atomic mass is 16.1. The first-order valence-electron chi connectivity index (χ1n) is 5.37. The van der Waals surface area contributed by atoms with Gasteiger partial charge >= 0.3 is 0 Å². The van der Waals surface area contributed by atoms with E-state index in [0.717, 1.165) is 12.1 Å². The van der Waals surface area contributed by atoms with Crippen LogP contribution in [-0.4, -0.2) is 19.4 Å². The molecule has 0 fully saturated rings. The molecule has 0 aliphatic rings. The van der Waals surface area contributed by atoms with Gasteiger partial charge in [0.25, 0.3) is 0 Å². The normalized spacial score (nSPS) is 12.5. The Bertz CT molecular complexity index is 333. The van der Waals surface area contributed by atoms with Gasteiger partial charge in [0, 0.05) is 18.9 Å². The summed E-state index contributed by atoms with van der Waals surface area (Å²) in [6.07, 6.45) is 0.551. The molecule has 0 bridgehead atoms. The van der Waals surface area contributed by atoms with Crippen molar-refractivity contribution in [1.29, 1.82) is 0 Å². The molecule has 0 radical (unpaired) electrons. The molecule has 1 atom stereocenters. The average Bonchev–Trinajstić information content (AvgIpc) is 2.21. The topological polar surface area (TPSA) is 29.1 Å². The molecule has 1 N–H and O–H groups in total. The van der Waals surface area contributed by atoms with Crippen LogP contribution >= 0.6 is 0 Å². The maximum Gasteiger partial charge on any atom is 0.141 e. The van der Waals surface area contributed by atoms with Gasteiger partial charge in [0.1, 0.15) is 5.78 Å². The minimum atomic E-state index is 0.0922. The highest BCUT2D eigenvalue weighted by molar-refractivity contribution is 5.83. The van der Waals surface area contributed by atoms with Crippen molar-refractivity contribution in [1.82, 2.24) is 5.32 Å². The van der Waals surface area contributed by atoms with E-state index >= 15 is 0 Å². The molecule has 1 aromatic carbocycles. The number of Topliss-reactive ketones (excluding diaryl/α,β-unsaturated/α-hetero) is 1. The van der Waals surface area contributed by atoms with Crippen molar-refractivity contribution in [3.63, 3.8) is 0 Å². The van der Waals surface area contributed by atoms with Gasteiger partial charge in [-0.25, -0.2) is 0 Å². The fourth-order valence-corrected chi connectivity index (χ4v) is 1.59. The number of carbonyl (C=O) groups excluding carboxylic acids is 1. The van der Waals surface area contributed by atoms with E-state index in [9.17, 15) is 4.79 Å². The summed E-state index contributed by atoms with van der Waals surface area (Å²) < 4.78 is 0. The molecule has 0 amide bonds. The molecule has 2 nitrogen and oxygen atoms in total. The zero-order chi connectivity index (χ0) is 11.3. The van der Waals surface area contributed by atoms with E-state index < -0.39 is 0 Å². The summed E-state index contributed by atoms with van der Waals surface area (Å²) in [4.78, 5) is 11.8. The highest BCUT2D eigenvalue weighted by Gasteiger charge is 2.12. The van der Waals surface area contributed by atoms with Gasteiger partial charge in [0.2, 0.25) is 0 Å². The number of rotatable bonds is 5. The molecule has 1 aromatic rings. The Kier molecular flexibility index (Phi) is 4.50. The number of nitrogens with one attached hydrogen (secondary N) is 1. The maximum absolute atomic E-state index is 11.8. The Balaban J connectivity index is 2.62. The lowest BCUT2D eigenvalue weighted by Crippen LogP contribution is -2.25. The highest BCUT2D eigenvalue weighted by Crippen LogP contribution is 2.10. The van der Waals surface area contributed by atoms with Crippen LogP contribution in [0.4, 0.5) is 0 Å². The number of ketones is 1. The summed E-state index contributed by atoms with van der Waals surface area (Å²) in [5.74, 6) is 0.397. The summed E-state index contributed by atoms with van der Waals surface area (Å²) in [6, 6.07) is 8.06. The van der Waals surface area contributed by atoms with E-state index in [1.165, 1.54) is 5.56 Å². The minimum absolute atomic E-state index is 0.0922. The van der Waals surface area contributed by atoms with Gasteiger partial charge in [-0.3, -0.25) is 4.79 Å². The number of aryl methyl sites for hydroxylation is 1. The Morgan fingerprint density at radius 3 is 2.67 bits per heavy atom. The third-order valence-corrected chi connectivity index (χ3v) is 2.69. The molecular weight excluding hydrogens is 186 g/mol. The Labute approximate surface area is 91.7 Å². The first kappa shape index (κ1) is 11.9. The summed E-state index contributed by atoms with van der Waals surface area (Å²) >= 11 is 0. The Hall–Kier alpha value is -1.15. The molecule has 0 spiro atoms. The zero-order valence-electron chi connectivity index (χ0n) is 9.71. The summed E-state index contributed by atoms with van der Waals surface area (Å²) in [5.41, 5.74) is 2.34. The average molecular weight is 205 g/mol. The van der Waals surface area contributed by atoms with Crippen LogP contribution in [0.1, 0.15) is 18.1 Å². The van der Waals surface area contributed by atoms with Crippen LogP contribution in [0.5, 0.6) is 0 Å². The fourth-order valence-electron chi connectivity index (χ4n) is 1.59. The third kappa shape index (κ3) is 3.48. The molecular formula is C13H19NO. The standard InChI is InChI=1S/C13H19NO/c1-10-6-4-5-7-12(10)8-13(15)11(2)9-14-3/h4-7,11,14H,8-9H2,1-3H3. The van der Waals surface area contributed by atoms with E-state index in [4.69, 9.17) is 0 Å². The Morgan fingerprint density at radius 2 is 2.07 bits per heavy atom. The molecule has 0 saturated carbocycles. The molecule has 0 aliphatic carbocycles. The van der Waals surface area contributed by atoms with Gasteiger partial charge in [0.15, 0.2) is 0 Å². The van der Waals surface area contributed by atoms with Crippen molar-refractivity contribution in [2.45, 2.75) is 20.3 Å². The van der Waals surface area contributed by atoms with Crippen LogP contribution in [0.3, 0.4) is 0 Å². The predicted molar refractivity (Wildman–Crippen MR) is 63.0 cm³/mol. The maximum atomic E-state index is 11.8. The van der Waals surface area contributed by atoms with Crippen LogP contribution in [0.25, 0.3) is 0 Å². The van der Waals surface area contributed by atoms with Crippen molar-refractivity contribution in [2.75, 3.05) is 13.6 Å². The monoisotopic (exact) mass is 205 g/mol. The van der Waals surface area contributed by atoms with Crippen LogP contribution in [0.2, 0.25) is 0 Å². The quantitative estimate of drug-likeness (QED) is 0.796. The van der Waals surface area contributed by atoms with Crippen LogP contribution in [-0.2, 0) is 11.2 Å². The molecule has 1 rings (SSSR count). The van der Waals surface area contributed by atoms with Gasteiger partial charge in [-0.2, -0.15) is 0 Å². The second kappa shape index (κ2) is 5.66. The van der Waals surface area contributed by atoms with Crippen LogP contribution in [0.15, 0.2) is 24.3 Å². The van der Waals surface area contributed by atoms with Crippen molar-refractivity contribution < 1.29 is 4.79 Å². The number of hydrogen-bond donors (Lipinski definition) is 1. The van der Waals surface area contributed by atoms with E-state index in [1.807, 2.05) is 45.2 Å². The van der Waals surface area contributed by atoms with Gasteiger partial charge in [-0.15, -0.1) is 0 Å². The lowest BCUT2D eigenvalue weighted by atomic mass is 9.97. The van der Waals surface area contributed by atoms with Gasteiger partial charge in [0.05, 0.1) is 0 Å². The summed E-state index contributed by atoms with van der Waals surface area (Å²) in [7, 11) is 1.87. The molecule has 0 aliphatic heterocycles. The zero-order valence-corrected chi connectivity index (χ0v) is 9.71. The van der Waals surface area contributed by atoms with E-state index in [-0.39, 0.29) is 5.92 Å². The lowest BCUT2D eigenvalue weighted by Gasteiger charge is -2.10. The van der Waals surface area contributed by atoms with Crippen molar-refractivity contribution >= 4 is 5.78 Å². The fraction of sp³-hybridized carbons (Fsp3) is 0.462. The number of carbonyl (C=O) groups is 1. The number of benzene rings is 1. The van der Waals surface area contributed by atoms with Crippen LogP contribution < -0.4 is 5.32 Å². The first-order chi connectivity index (χ1) is 7.15. The summed E-state index contributed by atoms with van der Waals surface area (Å²) in [6.45, 7) is 4.77. The molecule has 0 aromatic heterocycles. The summed E-state index contributed by atoms with van der Waals surface area (Å²) in [5, 5.41) is 3.03. The van der Waals surface area contributed by atoms with Gasteiger partial charge < -0.3 is 5.32 Å². The third-order valence-electron chi connectivity index (χ3n) is 2.69. The van der Waals surface area contributed by atoms with Gasteiger partial charge in [-0.05, 0) is 25.1 Å². The molecule has 2 heteroatoms. The lowest BCUT2D eigenvalue weighted by molar-refractivity contribution is -0.121. The molecule has 0 saturated heterocycles. The second-order valence-corrected chi connectivity index (χ2v) is 4.03. The van der Waals surface area contributed by atoms with E-state index in [1.54, 1.807) is 0 Å². The van der Waals surface area contributed by atoms with Crippen LogP contribution in [0, 0.1) is 12.8 Å². The second-order valence-electron chi connectivity index (χ2n) is 4.03. The predicted octanol–water partition coefficient (Wildman–Crippen LogP) is 1.96.